The van der Waals surface area contributed by atoms with Crippen LogP contribution in [0.4, 0.5) is 11.4 Å². The van der Waals surface area contributed by atoms with Crippen molar-refractivity contribution < 1.29 is 14.5 Å². The molecule has 4 nitrogen and oxygen atoms in total. The van der Waals surface area contributed by atoms with Crippen molar-refractivity contribution in [1.82, 2.24) is 0 Å². The molecule has 0 bridgehead atoms. The van der Waals surface area contributed by atoms with Crippen molar-refractivity contribution in [2.75, 3.05) is 11.4 Å². The largest absolute Gasteiger partial charge is 0.480 e. The molecule has 0 saturated heterocycles. The summed E-state index contributed by atoms with van der Waals surface area (Å²) in [5, 5.41) is 10.7. The Kier molecular flexibility index (Phi) is 4.32. The van der Waals surface area contributed by atoms with Crippen molar-refractivity contribution >= 4 is 39.9 Å². The van der Waals surface area contributed by atoms with Gasteiger partial charge in [0.1, 0.15) is 13.6 Å². The zero-order valence-corrected chi connectivity index (χ0v) is 16.6. The van der Waals surface area contributed by atoms with E-state index in [1.807, 2.05) is 54.4 Å². The van der Waals surface area contributed by atoms with E-state index in [0.717, 1.165) is 39.2 Å². The van der Waals surface area contributed by atoms with Crippen LogP contribution >= 0.6 is 0 Å². The number of nitrogens with zero attached hydrogens (tertiary/aromatic N) is 2. The molecule has 0 amide bonds. The van der Waals surface area contributed by atoms with Crippen LogP contribution in [0, 0.1) is 0 Å². The van der Waals surface area contributed by atoms with Gasteiger partial charge in [-0.3, -0.25) is 4.79 Å². The summed E-state index contributed by atoms with van der Waals surface area (Å²) in [5.74, 6) is -0.853. The van der Waals surface area contributed by atoms with Gasteiger partial charge in [0.2, 0.25) is 5.52 Å². The number of anilines is 2. The standard InChI is InChI=1S/C26H20N2O2/c1-27-15-14-18(19-8-2-5-11-23(19)27)16-22-20-9-3-6-12-24(20)28(17-26(29)30)25-13-7-4-10-21(22)25/h2-16H,17H2,1H3/p+1. The summed E-state index contributed by atoms with van der Waals surface area (Å²) < 4.78 is 2.12. The number of benzene rings is 3. The van der Waals surface area contributed by atoms with Crippen molar-refractivity contribution in [3.8, 4) is 0 Å². The lowest BCUT2D eigenvalue weighted by atomic mass is 9.88. The van der Waals surface area contributed by atoms with Crippen molar-refractivity contribution in [3.05, 3.63) is 102 Å². The fraction of sp³-hybridized carbons (Fsp3) is 0.0769. The van der Waals surface area contributed by atoms with Gasteiger partial charge in [-0.2, -0.15) is 0 Å². The Morgan fingerprint density at radius 2 is 1.50 bits per heavy atom. The molecule has 4 aromatic rings. The first-order valence-corrected chi connectivity index (χ1v) is 9.91. The third-order valence-electron chi connectivity index (χ3n) is 5.64. The highest BCUT2D eigenvalue weighted by Crippen LogP contribution is 2.45. The van der Waals surface area contributed by atoms with Gasteiger partial charge in [0.25, 0.3) is 0 Å². The Hall–Kier alpha value is -3.92. The van der Waals surface area contributed by atoms with Gasteiger partial charge in [-0.25, -0.2) is 4.57 Å². The molecule has 5 rings (SSSR count). The lowest BCUT2D eigenvalue weighted by molar-refractivity contribution is -0.644. The zero-order chi connectivity index (χ0) is 20.7. The van der Waals surface area contributed by atoms with Crippen LogP contribution in [0.1, 0.15) is 16.7 Å². The van der Waals surface area contributed by atoms with E-state index in [1.54, 1.807) is 0 Å². The first-order valence-electron chi connectivity index (χ1n) is 9.91. The van der Waals surface area contributed by atoms with Crippen LogP contribution in [0.3, 0.4) is 0 Å². The van der Waals surface area contributed by atoms with Gasteiger partial charge in [0.15, 0.2) is 6.20 Å². The molecule has 0 saturated carbocycles. The van der Waals surface area contributed by atoms with Crippen LogP contribution in [0.25, 0.3) is 22.6 Å². The smallest absolute Gasteiger partial charge is 0.323 e. The molecular formula is C26H21N2O2+. The summed E-state index contributed by atoms with van der Waals surface area (Å²) in [4.78, 5) is 13.5. The number of carbonyl (C=O) groups is 1. The number of fused-ring (bicyclic) bond motifs is 3. The SMILES string of the molecule is C[n+]1ccc(C=C2c3ccccc3N(CC(=O)O)c3ccccc32)c2ccccc21. The number of carboxylic acid groups (broad SMARTS) is 1. The topological polar surface area (TPSA) is 44.4 Å². The molecule has 1 aliphatic rings. The first kappa shape index (κ1) is 18.1. The average Bonchev–Trinajstić information content (AvgIpc) is 2.77. The van der Waals surface area contributed by atoms with Gasteiger partial charge in [0.05, 0.1) is 5.39 Å². The van der Waals surface area contributed by atoms with Crippen LogP contribution < -0.4 is 9.47 Å². The van der Waals surface area contributed by atoms with Crippen LogP contribution in [0.15, 0.2) is 85.1 Å². The highest BCUT2D eigenvalue weighted by atomic mass is 16.4. The van der Waals surface area contributed by atoms with E-state index in [1.165, 1.54) is 5.39 Å². The highest BCUT2D eigenvalue weighted by molar-refractivity contribution is 6.06. The van der Waals surface area contributed by atoms with E-state index < -0.39 is 5.97 Å². The van der Waals surface area contributed by atoms with E-state index in [4.69, 9.17) is 0 Å². The molecule has 1 aliphatic heterocycles. The number of rotatable bonds is 3. The Bertz CT molecular complexity index is 1270. The molecule has 2 heterocycles. The summed E-state index contributed by atoms with van der Waals surface area (Å²) in [7, 11) is 2.05. The second-order valence-corrected chi connectivity index (χ2v) is 7.47. The maximum absolute atomic E-state index is 11.6. The van der Waals surface area contributed by atoms with Gasteiger partial charge in [0, 0.05) is 34.6 Å². The van der Waals surface area contributed by atoms with Crippen LogP contribution in [0.5, 0.6) is 0 Å². The molecular weight excluding hydrogens is 372 g/mol. The van der Waals surface area contributed by atoms with Crippen molar-refractivity contribution in [1.29, 1.82) is 0 Å². The summed E-state index contributed by atoms with van der Waals surface area (Å²) in [6.45, 7) is -0.0780. The normalized spacial score (nSPS) is 12.4. The predicted octanol–water partition coefficient (Wildman–Crippen LogP) is 4.79. The molecule has 0 fully saturated rings. The molecule has 0 spiro atoms. The second-order valence-electron chi connectivity index (χ2n) is 7.47. The second kappa shape index (κ2) is 7.16. The molecule has 0 atom stereocenters. The minimum Gasteiger partial charge on any atom is -0.480 e. The number of hydrogen-bond donors (Lipinski definition) is 1. The number of aryl methyl sites for hydroxylation is 1. The predicted molar refractivity (Wildman–Crippen MR) is 120 cm³/mol. The molecule has 30 heavy (non-hydrogen) atoms. The number of pyridine rings is 1. The molecule has 4 heteroatoms. The van der Waals surface area contributed by atoms with Crippen LogP contribution in [-0.2, 0) is 11.8 Å². The summed E-state index contributed by atoms with van der Waals surface area (Å²) >= 11 is 0. The van der Waals surface area contributed by atoms with Crippen molar-refractivity contribution in [2.24, 2.45) is 7.05 Å². The van der Waals surface area contributed by atoms with Gasteiger partial charge in [-0.1, -0.05) is 48.5 Å². The fourth-order valence-electron chi connectivity index (χ4n) is 4.28. The van der Waals surface area contributed by atoms with Crippen molar-refractivity contribution in [3.63, 3.8) is 0 Å². The maximum atomic E-state index is 11.6. The molecule has 0 radical (unpaired) electrons. The van der Waals surface area contributed by atoms with Gasteiger partial charge >= 0.3 is 5.97 Å². The Labute approximate surface area is 175 Å². The number of hydrogen-bond acceptors (Lipinski definition) is 2. The molecule has 3 aromatic carbocycles. The minimum atomic E-state index is -0.853. The summed E-state index contributed by atoms with van der Waals surface area (Å²) in [5.41, 5.74) is 7.30. The fourth-order valence-corrected chi connectivity index (χ4v) is 4.28. The minimum absolute atomic E-state index is 0.0780. The summed E-state index contributed by atoms with van der Waals surface area (Å²) in [6.07, 6.45) is 4.30. The lowest BCUT2D eigenvalue weighted by Crippen LogP contribution is -2.29. The van der Waals surface area contributed by atoms with Gasteiger partial charge < -0.3 is 10.0 Å². The molecule has 1 N–H and O–H groups in total. The highest BCUT2D eigenvalue weighted by Gasteiger charge is 2.27. The number of aliphatic carboxylic acids is 1. The van der Waals surface area contributed by atoms with E-state index >= 15 is 0 Å². The maximum Gasteiger partial charge on any atom is 0.323 e. The Morgan fingerprint density at radius 3 is 2.17 bits per heavy atom. The Morgan fingerprint density at radius 1 is 0.900 bits per heavy atom. The quantitative estimate of drug-likeness (QED) is 0.509. The van der Waals surface area contributed by atoms with E-state index in [0.29, 0.717) is 0 Å². The first-order chi connectivity index (χ1) is 14.6. The molecule has 1 aromatic heterocycles. The van der Waals surface area contributed by atoms with Gasteiger partial charge in [-0.15, -0.1) is 0 Å². The van der Waals surface area contributed by atoms with Gasteiger partial charge in [-0.05, 0) is 35.4 Å². The number of para-hydroxylation sites is 3. The number of carboxylic acids is 1. The Balaban J connectivity index is 1.78. The summed E-state index contributed by atoms with van der Waals surface area (Å²) in [6, 6.07) is 26.5. The van der Waals surface area contributed by atoms with E-state index in [9.17, 15) is 9.90 Å². The average molecular weight is 393 g/mol. The number of aromatic nitrogens is 1. The lowest BCUT2D eigenvalue weighted by Gasteiger charge is -2.33. The molecule has 0 unspecified atom stereocenters. The molecule has 146 valence electrons. The zero-order valence-electron chi connectivity index (χ0n) is 16.6. The van der Waals surface area contributed by atoms with Crippen LogP contribution in [0.2, 0.25) is 0 Å². The van der Waals surface area contributed by atoms with Crippen LogP contribution in [-0.4, -0.2) is 17.6 Å². The third-order valence-corrected chi connectivity index (χ3v) is 5.64. The monoisotopic (exact) mass is 393 g/mol. The molecule has 0 aliphatic carbocycles. The van der Waals surface area contributed by atoms with E-state index in [2.05, 4.69) is 53.2 Å². The van der Waals surface area contributed by atoms with E-state index in [-0.39, 0.29) is 6.54 Å². The third kappa shape index (κ3) is 2.94. The van der Waals surface area contributed by atoms with Crippen molar-refractivity contribution in [2.45, 2.75) is 0 Å².